The minimum absolute atomic E-state index is 0.327. The van der Waals surface area contributed by atoms with Crippen molar-refractivity contribution < 1.29 is 4.74 Å². The van der Waals surface area contributed by atoms with Gasteiger partial charge in [-0.1, -0.05) is 12.8 Å². The monoisotopic (exact) mass is 178 g/mol. The van der Waals surface area contributed by atoms with Crippen LogP contribution in [-0.2, 0) is 4.74 Å². The molecule has 1 heteroatoms. The summed E-state index contributed by atoms with van der Waals surface area (Å²) in [6, 6.07) is 0. The highest BCUT2D eigenvalue weighted by Gasteiger charge is 2.51. The zero-order valence-electron chi connectivity index (χ0n) is 8.44. The van der Waals surface area contributed by atoms with Crippen LogP contribution in [-0.4, -0.2) is 12.2 Å². The van der Waals surface area contributed by atoms with Crippen LogP contribution in [0.5, 0.6) is 0 Å². The fraction of sp³-hybridized carbons (Fsp3) is 0.833. The van der Waals surface area contributed by atoms with Crippen LogP contribution in [0.15, 0.2) is 0 Å². The maximum absolute atomic E-state index is 5.63. The van der Waals surface area contributed by atoms with Gasteiger partial charge >= 0.3 is 0 Å². The topological polar surface area (TPSA) is 12.5 Å². The van der Waals surface area contributed by atoms with E-state index in [9.17, 15) is 0 Å². The molecule has 0 aromatic rings. The van der Waals surface area contributed by atoms with Gasteiger partial charge in [-0.15, -0.1) is 11.8 Å². The van der Waals surface area contributed by atoms with E-state index in [0.717, 1.165) is 18.9 Å². The highest BCUT2D eigenvalue weighted by atomic mass is 16.6. The molecule has 1 aliphatic carbocycles. The summed E-state index contributed by atoms with van der Waals surface area (Å²) in [4.78, 5) is 0. The molecule has 1 aliphatic heterocycles. The van der Waals surface area contributed by atoms with Gasteiger partial charge in [0.05, 0.1) is 12.2 Å². The van der Waals surface area contributed by atoms with E-state index in [4.69, 9.17) is 4.74 Å². The molecule has 72 valence electrons. The second-order valence-electron chi connectivity index (χ2n) is 4.26. The second-order valence-corrected chi connectivity index (χ2v) is 4.26. The lowest BCUT2D eigenvalue weighted by molar-refractivity contribution is 0.152. The van der Waals surface area contributed by atoms with Gasteiger partial charge in [0.25, 0.3) is 0 Å². The van der Waals surface area contributed by atoms with Gasteiger partial charge in [0.1, 0.15) is 0 Å². The van der Waals surface area contributed by atoms with Crippen molar-refractivity contribution in [1.29, 1.82) is 0 Å². The molecule has 1 unspecified atom stereocenters. The van der Waals surface area contributed by atoms with Crippen molar-refractivity contribution in [2.75, 3.05) is 6.61 Å². The number of hydrogen-bond acceptors (Lipinski definition) is 1. The van der Waals surface area contributed by atoms with Crippen LogP contribution < -0.4 is 0 Å². The maximum Gasteiger partial charge on any atom is 0.0944 e. The molecule has 2 aliphatic rings. The van der Waals surface area contributed by atoms with Crippen molar-refractivity contribution in [2.24, 2.45) is 5.92 Å². The van der Waals surface area contributed by atoms with Gasteiger partial charge in [-0.3, -0.25) is 0 Å². The predicted octanol–water partition coefficient (Wildman–Crippen LogP) is 2.75. The Balaban J connectivity index is 1.84. The smallest absolute Gasteiger partial charge is 0.0944 e. The first-order chi connectivity index (χ1) is 6.37. The molecular weight excluding hydrogens is 160 g/mol. The Morgan fingerprint density at radius 1 is 1.46 bits per heavy atom. The molecule has 2 fully saturated rings. The van der Waals surface area contributed by atoms with E-state index < -0.39 is 0 Å². The Morgan fingerprint density at radius 3 is 3.00 bits per heavy atom. The van der Waals surface area contributed by atoms with Crippen LogP contribution in [0.25, 0.3) is 0 Å². The molecular formula is C12H18O. The van der Waals surface area contributed by atoms with Gasteiger partial charge in [0.2, 0.25) is 0 Å². The molecule has 1 nitrogen and oxygen atoms in total. The van der Waals surface area contributed by atoms with Gasteiger partial charge in [-0.25, -0.2) is 0 Å². The lowest BCUT2D eigenvalue weighted by atomic mass is 9.77. The van der Waals surface area contributed by atoms with E-state index in [1.165, 1.54) is 32.1 Å². The zero-order valence-corrected chi connectivity index (χ0v) is 8.44. The summed E-state index contributed by atoms with van der Waals surface area (Å²) in [7, 11) is 0. The first-order valence-electron chi connectivity index (χ1n) is 5.41. The van der Waals surface area contributed by atoms with Crippen LogP contribution in [0, 0.1) is 17.8 Å². The molecule has 1 saturated heterocycles. The van der Waals surface area contributed by atoms with E-state index >= 15 is 0 Å². The number of rotatable bonds is 2. The molecule has 0 amide bonds. The van der Waals surface area contributed by atoms with E-state index in [-0.39, 0.29) is 0 Å². The van der Waals surface area contributed by atoms with Crippen LogP contribution in [0.3, 0.4) is 0 Å². The highest BCUT2D eigenvalue weighted by molar-refractivity contribution is 5.03. The van der Waals surface area contributed by atoms with Gasteiger partial charge in [-0.2, -0.15) is 0 Å². The van der Waals surface area contributed by atoms with Gasteiger partial charge in [0, 0.05) is 6.42 Å². The van der Waals surface area contributed by atoms with Crippen LogP contribution in [0.2, 0.25) is 0 Å². The van der Waals surface area contributed by atoms with Crippen LogP contribution in [0.4, 0.5) is 0 Å². The molecule has 0 radical (unpaired) electrons. The lowest BCUT2D eigenvalue weighted by Crippen LogP contribution is -2.28. The summed E-state index contributed by atoms with van der Waals surface area (Å²) in [5.41, 5.74) is 0.327. The summed E-state index contributed by atoms with van der Waals surface area (Å²) in [5.74, 6) is 6.93. The minimum Gasteiger partial charge on any atom is -0.369 e. The van der Waals surface area contributed by atoms with Crippen molar-refractivity contribution in [3.63, 3.8) is 0 Å². The van der Waals surface area contributed by atoms with Crippen LogP contribution in [0.1, 0.15) is 45.4 Å². The zero-order chi connectivity index (χ0) is 9.15. The quantitative estimate of drug-likeness (QED) is 0.468. The Hall–Kier alpha value is -0.480. The molecule has 0 aromatic carbocycles. The third kappa shape index (κ3) is 1.89. The summed E-state index contributed by atoms with van der Waals surface area (Å²) < 4.78 is 5.63. The molecule has 13 heavy (non-hydrogen) atoms. The summed E-state index contributed by atoms with van der Waals surface area (Å²) in [6.45, 7) is 2.95. The SMILES string of the molecule is CC#CCC[C@@H]1CCCCC12CO2. The highest BCUT2D eigenvalue weighted by Crippen LogP contribution is 2.47. The van der Waals surface area contributed by atoms with Crippen molar-refractivity contribution in [1.82, 2.24) is 0 Å². The average molecular weight is 178 g/mol. The molecule has 0 bridgehead atoms. The van der Waals surface area contributed by atoms with Crippen LogP contribution >= 0.6 is 0 Å². The van der Waals surface area contributed by atoms with E-state index in [0.29, 0.717) is 5.60 Å². The minimum atomic E-state index is 0.327. The van der Waals surface area contributed by atoms with E-state index in [1.54, 1.807) is 0 Å². The number of ether oxygens (including phenoxy) is 1. The summed E-state index contributed by atoms with van der Waals surface area (Å²) in [5, 5.41) is 0. The maximum atomic E-state index is 5.63. The predicted molar refractivity (Wildman–Crippen MR) is 53.3 cm³/mol. The third-order valence-electron chi connectivity index (χ3n) is 3.46. The Kier molecular flexibility index (Phi) is 2.60. The standard InChI is InChI=1S/C12H18O/c1-2-3-4-7-11-8-5-6-9-12(11)10-13-12/h11H,4-10H2,1H3/t11-,12?/m1/s1. The average Bonchev–Trinajstić information content (AvgIpc) is 2.90. The largest absolute Gasteiger partial charge is 0.369 e. The first-order valence-corrected chi connectivity index (χ1v) is 5.41. The molecule has 1 heterocycles. The van der Waals surface area contributed by atoms with Gasteiger partial charge < -0.3 is 4.74 Å². The van der Waals surface area contributed by atoms with E-state index in [1.807, 2.05) is 6.92 Å². The Bertz CT molecular complexity index is 229. The molecule has 0 N–H and O–H groups in total. The molecule has 1 saturated carbocycles. The number of epoxide rings is 1. The Labute approximate surface area is 80.9 Å². The molecule has 1 spiro atoms. The molecule has 0 aromatic heterocycles. The molecule has 2 rings (SSSR count). The fourth-order valence-corrected chi connectivity index (χ4v) is 2.53. The van der Waals surface area contributed by atoms with Crippen molar-refractivity contribution in [2.45, 2.75) is 51.0 Å². The first kappa shape index (κ1) is 9.09. The second kappa shape index (κ2) is 3.72. The van der Waals surface area contributed by atoms with Crippen molar-refractivity contribution in [3.8, 4) is 11.8 Å². The van der Waals surface area contributed by atoms with Gasteiger partial charge in [-0.05, 0) is 32.1 Å². The van der Waals surface area contributed by atoms with E-state index in [2.05, 4.69) is 11.8 Å². The molecule has 2 atom stereocenters. The van der Waals surface area contributed by atoms with Gasteiger partial charge in [0.15, 0.2) is 0 Å². The normalized spacial score (nSPS) is 36.8. The third-order valence-corrected chi connectivity index (χ3v) is 3.46. The lowest BCUT2D eigenvalue weighted by Gasteiger charge is -2.28. The van der Waals surface area contributed by atoms with Crippen molar-refractivity contribution >= 4 is 0 Å². The summed E-state index contributed by atoms with van der Waals surface area (Å²) >= 11 is 0. The number of hydrogen-bond donors (Lipinski definition) is 0. The van der Waals surface area contributed by atoms with Crippen molar-refractivity contribution in [3.05, 3.63) is 0 Å². The fourth-order valence-electron chi connectivity index (χ4n) is 2.53. The Morgan fingerprint density at radius 2 is 2.31 bits per heavy atom. The summed E-state index contributed by atoms with van der Waals surface area (Å²) in [6.07, 6.45) is 7.75.